The summed E-state index contributed by atoms with van der Waals surface area (Å²) >= 11 is 0. The minimum Gasteiger partial charge on any atom is -0.309 e. The van der Waals surface area contributed by atoms with Crippen molar-refractivity contribution in [3.63, 3.8) is 0 Å². The van der Waals surface area contributed by atoms with Crippen molar-refractivity contribution in [3.05, 3.63) is 218 Å². The summed E-state index contributed by atoms with van der Waals surface area (Å²) in [4.78, 5) is 10.5. The molecule has 3 heterocycles. The Morgan fingerprint density at radius 2 is 0.656 bits per heavy atom. The Hall–Kier alpha value is -8.60. The van der Waals surface area contributed by atoms with Crippen LogP contribution in [0, 0.1) is 0 Å². The predicted octanol–water partition coefficient (Wildman–Crippen LogP) is 15.8. The molecule has 0 saturated carbocycles. The molecule has 296 valence electrons. The summed E-state index contributed by atoms with van der Waals surface area (Å²) in [6.07, 6.45) is 0. The Balaban J connectivity index is 0.948. The molecule has 14 aromatic rings. The molecule has 3 aromatic heterocycles. The maximum atomic E-state index is 5.26. The van der Waals surface area contributed by atoms with Gasteiger partial charge in [-0.25, -0.2) is 9.97 Å². The first kappa shape index (κ1) is 35.0. The molecule has 0 radical (unpaired) electrons. The molecule has 0 atom stereocenters. The normalized spacial score (nSPS) is 12.1. The molecule has 11 aromatic carbocycles. The average Bonchev–Trinajstić information content (AvgIpc) is 3.85. The van der Waals surface area contributed by atoms with E-state index in [1.807, 2.05) is 24.3 Å². The lowest BCUT2D eigenvalue weighted by Crippen LogP contribution is -1.97. The number of nitrogens with zero attached hydrogens (tertiary/aromatic N) is 4. The summed E-state index contributed by atoms with van der Waals surface area (Å²) in [5, 5.41) is 14.6. The average molecular weight is 813 g/mol. The molecule has 0 spiro atoms. The molecule has 0 saturated heterocycles. The molecule has 4 nitrogen and oxygen atoms in total. The number of fused-ring (bicyclic) bond motifs is 11. The molecule has 0 fully saturated rings. The Morgan fingerprint density at radius 3 is 1.30 bits per heavy atom. The van der Waals surface area contributed by atoms with Gasteiger partial charge in [0, 0.05) is 44.0 Å². The summed E-state index contributed by atoms with van der Waals surface area (Å²) in [7, 11) is 0. The van der Waals surface area contributed by atoms with Gasteiger partial charge in [-0.1, -0.05) is 133 Å². The standard InChI is InChI=1S/C60H36N4/c1-2-12-38-29-45(23-21-37(38)11-1)59-60(62-54-19-9-8-18-53(54)61-59)46-24-22-44-31-47(26-25-43(44)30-46)63-56-28-27-48(36-52(56)51-33-40-14-4-6-16-42(40)35-58(51)63)64-55-20-10-7-17-49(55)50-32-39-13-3-5-15-41(39)34-57(50)64/h1-36H. The third kappa shape index (κ3) is 5.30. The molecular weight excluding hydrogens is 777 g/mol. The van der Waals surface area contributed by atoms with Gasteiger partial charge in [0.2, 0.25) is 0 Å². The predicted molar refractivity (Wildman–Crippen MR) is 269 cm³/mol. The largest absolute Gasteiger partial charge is 0.309 e. The molecule has 0 aliphatic heterocycles. The van der Waals surface area contributed by atoms with Crippen LogP contribution in [0.25, 0.3) is 132 Å². The lowest BCUT2D eigenvalue weighted by Gasteiger charge is -2.13. The van der Waals surface area contributed by atoms with Crippen LogP contribution in [0.1, 0.15) is 0 Å². The second-order valence-corrected chi connectivity index (χ2v) is 17.0. The lowest BCUT2D eigenvalue weighted by atomic mass is 9.98. The highest BCUT2D eigenvalue weighted by Gasteiger charge is 2.19. The minimum atomic E-state index is 0.876. The van der Waals surface area contributed by atoms with Crippen molar-refractivity contribution >= 4 is 97.7 Å². The van der Waals surface area contributed by atoms with E-state index in [2.05, 4.69) is 203 Å². The topological polar surface area (TPSA) is 35.6 Å². The van der Waals surface area contributed by atoms with Crippen LogP contribution >= 0.6 is 0 Å². The van der Waals surface area contributed by atoms with E-state index >= 15 is 0 Å². The van der Waals surface area contributed by atoms with Crippen LogP contribution in [0.2, 0.25) is 0 Å². The second-order valence-electron chi connectivity index (χ2n) is 17.0. The van der Waals surface area contributed by atoms with Crippen molar-refractivity contribution in [1.82, 2.24) is 19.1 Å². The zero-order chi connectivity index (χ0) is 41.9. The van der Waals surface area contributed by atoms with Crippen LogP contribution in [0.15, 0.2) is 218 Å². The van der Waals surface area contributed by atoms with Crippen LogP contribution in [-0.4, -0.2) is 19.1 Å². The van der Waals surface area contributed by atoms with Crippen LogP contribution in [0.4, 0.5) is 0 Å². The van der Waals surface area contributed by atoms with Gasteiger partial charge >= 0.3 is 0 Å². The second kappa shape index (κ2) is 13.4. The van der Waals surface area contributed by atoms with Gasteiger partial charge in [0.15, 0.2) is 0 Å². The molecule has 14 rings (SSSR count). The maximum Gasteiger partial charge on any atom is 0.0973 e. The highest BCUT2D eigenvalue weighted by Crippen LogP contribution is 2.41. The van der Waals surface area contributed by atoms with Gasteiger partial charge < -0.3 is 9.13 Å². The van der Waals surface area contributed by atoms with Crippen LogP contribution in [0.5, 0.6) is 0 Å². The number of para-hydroxylation sites is 3. The smallest absolute Gasteiger partial charge is 0.0973 e. The SMILES string of the molecule is c1ccc2cc(-c3nc4ccccc4nc3-c3ccc4cc(-n5c6ccc(-n7c8ccccc8c8cc9ccccc9cc87)cc6c6cc7ccccc7cc65)ccc4c3)ccc2c1. The van der Waals surface area contributed by atoms with Gasteiger partial charge in [-0.05, 0) is 128 Å². The summed E-state index contributed by atoms with van der Waals surface area (Å²) in [5.41, 5.74) is 12.6. The summed E-state index contributed by atoms with van der Waals surface area (Å²) in [6, 6.07) is 79.4. The molecule has 0 amide bonds. The monoisotopic (exact) mass is 812 g/mol. The number of hydrogen-bond donors (Lipinski definition) is 0. The maximum absolute atomic E-state index is 5.26. The summed E-state index contributed by atoms with van der Waals surface area (Å²) in [5.74, 6) is 0. The Morgan fingerprint density at radius 1 is 0.250 bits per heavy atom. The fraction of sp³-hybridized carbons (Fsp3) is 0. The minimum absolute atomic E-state index is 0.876. The number of hydrogen-bond acceptors (Lipinski definition) is 2. The van der Waals surface area contributed by atoms with E-state index in [0.29, 0.717) is 0 Å². The molecule has 0 bridgehead atoms. The number of benzene rings is 11. The van der Waals surface area contributed by atoms with Crippen molar-refractivity contribution in [1.29, 1.82) is 0 Å². The fourth-order valence-electron chi connectivity index (χ4n) is 10.3. The van der Waals surface area contributed by atoms with Crippen LogP contribution in [-0.2, 0) is 0 Å². The fourth-order valence-corrected chi connectivity index (χ4v) is 10.3. The van der Waals surface area contributed by atoms with Gasteiger partial charge in [-0.3, -0.25) is 0 Å². The summed E-state index contributed by atoms with van der Waals surface area (Å²) in [6.45, 7) is 0. The molecule has 4 heteroatoms. The lowest BCUT2D eigenvalue weighted by molar-refractivity contribution is 1.17. The van der Waals surface area contributed by atoms with E-state index in [1.54, 1.807) is 0 Å². The first-order chi connectivity index (χ1) is 31.7. The van der Waals surface area contributed by atoms with E-state index in [1.165, 1.54) is 75.9 Å². The number of rotatable bonds is 4. The molecule has 0 aliphatic rings. The molecular formula is C60H36N4. The van der Waals surface area contributed by atoms with Crippen molar-refractivity contribution in [2.45, 2.75) is 0 Å². The third-order valence-electron chi connectivity index (χ3n) is 13.4. The van der Waals surface area contributed by atoms with Gasteiger partial charge in [0.05, 0.1) is 44.5 Å². The molecule has 64 heavy (non-hydrogen) atoms. The van der Waals surface area contributed by atoms with Crippen LogP contribution < -0.4 is 0 Å². The first-order valence-electron chi connectivity index (χ1n) is 21.9. The van der Waals surface area contributed by atoms with Gasteiger partial charge in [0.25, 0.3) is 0 Å². The van der Waals surface area contributed by atoms with Gasteiger partial charge in [0.1, 0.15) is 0 Å². The number of aromatic nitrogens is 4. The highest BCUT2D eigenvalue weighted by molar-refractivity contribution is 6.16. The molecule has 0 N–H and O–H groups in total. The van der Waals surface area contributed by atoms with Crippen LogP contribution in [0.3, 0.4) is 0 Å². The van der Waals surface area contributed by atoms with Gasteiger partial charge in [-0.15, -0.1) is 0 Å². The third-order valence-corrected chi connectivity index (χ3v) is 13.4. The molecule has 0 unspecified atom stereocenters. The van der Waals surface area contributed by atoms with Crippen molar-refractivity contribution < 1.29 is 0 Å². The first-order valence-corrected chi connectivity index (χ1v) is 21.9. The van der Waals surface area contributed by atoms with E-state index in [4.69, 9.17) is 9.97 Å². The Labute approximate surface area is 367 Å². The highest BCUT2D eigenvalue weighted by atomic mass is 15.0. The van der Waals surface area contributed by atoms with E-state index < -0.39 is 0 Å². The quantitative estimate of drug-likeness (QED) is 0.177. The van der Waals surface area contributed by atoms with Crippen molar-refractivity contribution in [2.24, 2.45) is 0 Å². The zero-order valence-corrected chi connectivity index (χ0v) is 34.6. The zero-order valence-electron chi connectivity index (χ0n) is 34.6. The van der Waals surface area contributed by atoms with E-state index in [9.17, 15) is 0 Å². The van der Waals surface area contributed by atoms with Gasteiger partial charge in [-0.2, -0.15) is 0 Å². The summed E-state index contributed by atoms with van der Waals surface area (Å²) < 4.78 is 4.89. The molecule has 0 aliphatic carbocycles. The van der Waals surface area contributed by atoms with E-state index in [-0.39, 0.29) is 0 Å². The Bertz CT molecular complexity index is 4270. The van der Waals surface area contributed by atoms with Crippen molar-refractivity contribution in [3.8, 4) is 33.9 Å². The van der Waals surface area contributed by atoms with Crippen molar-refractivity contribution in [2.75, 3.05) is 0 Å². The Kier molecular flexibility index (Phi) is 7.36. The van der Waals surface area contributed by atoms with E-state index in [0.717, 1.165) is 55.7 Å².